The third kappa shape index (κ3) is 4.89. The number of fused-ring (bicyclic) bond motifs is 1. The van der Waals surface area contributed by atoms with Gasteiger partial charge in [0.15, 0.2) is 0 Å². The van der Waals surface area contributed by atoms with Crippen molar-refractivity contribution in [3.05, 3.63) is 76.4 Å². The Morgan fingerprint density at radius 3 is 2.69 bits per heavy atom. The fourth-order valence-corrected chi connectivity index (χ4v) is 4.11. The van der Waals surface area contributed by atoms with E-state index in [1.165, 1.54) is 28.4 Å². The number of amides is 2. The Balaban J connectivity index is 1.40. The maximum atomic E-state index is 13.1. The first-order valence-electron chi connectivity index (χ1n) is 10.0. The minimum absolute atomic E-state index is 0.0528. The van der Waals surface area contributed by atoms with Gasteiger partial charge in [-0.3, -0.25) is 23.9 Å². The van der Waals surface area contributed by atoms with Crippen molar-refractivity contribution in [3.8, 4) is 11.1 Å². The summed E-state index contributed by atoms with van der Waals surface area (Å²) in [5.74, 6) is -0.685. The van der Waals surface area contributed by atoms with E-state index >= 15 is 0 Å². The van der Waals surface area contributed by atoms with Gasteiger partial charge in [0.2, 0.25) is 11.8 Å². The first-order valence-corrected chi connectivity index (χ1v) is 10.9. The number of carbonyl (C=O) groups is 2. The normalized spacial score (nSPS) is 10.8. The highest BCUT2D eigenvalue weighted by Gasteiger charge is 2.14. The van der Waals surface area contributed by atoms with Crippen LogP contribution in [0.5, 0.6) is 0 Å². The van der Waals surface area contributed by atoms with Crippen molar-refractivity contribution < 1.29 is 9.59 Å². The molecule has 0 fully saturated rings. The third-order valence-corrected chi connectivity index (χ3v) is 5.78. The zero-order valence-corrected chi connectivity index (χ0v) is 18.2. The Bertz CT molecular complexity index is 1310. The Kier molecular flexibility index (Phi) is 6.37. The van der Waals surface area contributed by atoms with Crippen LogP contribution in [0.15, 0.2) is 65.3 Å². The number of nitrogens with zero attached hydrogens (tertiary/aromatic N) is 3. The second kappa shape index (κ2) is 9.52. The van der Waals surface area contributed by atoms with Crippen LogP contribution in [0.1, 0.15) is 12.0 Å². The molecule has 0 aliphatic heterocycles. The fraction of sp³-hybridized carbons (Fsp3) is 0.174. The van der Waals surface area contributed by atoms with Crippen molar-refractivity contribution in [3.63, 3.8) is 0 Å². The maximum Gasteiger partial charge on any atom is 0.262 e. The van der Waals surface area contributed by atoms with Crippen LogP contribution in [-0.4, -0.2) is 32.9 Å². The highest BCUT2D eigenvalue weighted by molar-refractivity contribution is 7.17. The molecular weight excluding hydrogens is 426 g/mol. The van der Waals surface area contributed by atoms with E-state index in [4.69, 9.17) is 0 Å². The molecule has 3 heterocycles. The summed E-state index contributed by atoms with van der Waals surface area (Å²) in [6.45, 7) is 2.01. The zero-order valence-electron chi connectivity index (χ0n) is 17.4. The SMILES string of the molecule is Cc1ccc(-c2csc3ncn(CCC(=O)NCC(=O)Nc4cccnc4)c(=O)c23)cc1. The Morgan fingerprint density at radius 1 is 1.12 bits per heavy atom. The van der Waals surface area contributed by atoms with Crippen LogP contribution >= 0.6 is 11.3 Å². The van der Waals surface area contributed by atoms with Gasteiger partial charge in [0.05, 0.1) is 30.1 Å². The summed E-state index contributed by atoms with van der Waals surface area (Å²) < 4.78 is 1.43. The highest BCUT2D eigenvalue weighted by Crippen LogP contribution is 2.30. The fourth-order valence-electron chi connectivity index (χ4n) is 3.20. The lowest BCUT2D eigenvalue weighted by Crippen LogP contribution is -2.34. The average molecular weight is 448 g/mol. The van der Waals surface area contributed by atoms with E-state index in [0.717, 1.165) is 16.7 Å². The largest absolute Gasteiger partial charge is 0.347 e. The van der Waals surface area contributed by atoms with Crippen molar-refractivity contribution in [2.24, 2.45) is 0 Å². The summed E-state index contributed by atoms with van der Waals surface area (Å²) in [4.78, 5) is 46.1. The molecule has 2 N–H and O–H groups in total. The second-order valence-electron chi connectivity index (χ2n) is 7.26. The van der Waals surface area contributed by atoms with Gasteiger partial charge in [-0.15, -0.1) is 11.3 Å². The van der Waals surface area contributed by atoms with Gasteiger partial charge in [-0.05, 0) is 24.6 Å². The molecule has 0 atom stereocenters. The van der Waals surface area contributed by atoms with Crippen LogP contribution in [0.2, 0.25) is 0 Å². The lowest BCUT2D eigenvalue weighted by molar-refractivity contribution is -0.124. The molecule has 4 aromatic rings. The van der Waals surface area contributed by atoms with E-state index in [1.807, 2.05) is 36.6 Å². The number of anilines is 1. The molecule has 0 aliphatic rings. The molecule has 0 saturated carbocycles. The van der Waals surface area contributed by atoms with Gasteiger partial charge in [0.25, 0.3) is 5.56 Å². The third-order valence-electron chi connectivity index (χ3n) is 4.89. The summed E-state index contributed by atoms with van der Waals surface area (Å²) in [5, 5.41) is 7.69. The van der Waals surface area contributed by atoms with Crippen molar-refractivity contribution in [1.82, 2.24) is 19.9 Å². The topological polar surface area (TPSA) is 106 Å². The summed E-state index contributed by atoms with van der Waals surface area (Å²) in [6.07, 6.45) is 4.63. The van der Waals surface area contributed by atoms with E-state index in [9.17, 15) is 14.4 Å². The molecule has 0 radical (unpaired) electrons. The summed E-state index contributed by atoms with van der Waals surface area (Å²) >= 11 is 1.42. The number of hydrogen-bond donors (Lipinski definition) is 2. The lowest BCUT2D eigenvalue weighted by Gasteiger charge is -2.08. The van der Waals surface area contributed by atoms with Crippen molar-refractivity contribution >= 4 is 39.1 Å². The number of thiophene rings is 1. The number of aryl methyl sites for hydroxylation is 2. The average Bonchev–Trinajstić information content (AvgIpc) is 3.23. The molecule has 0 bridgehead atoms. The van der Waals surface area contributed by atoms with Crippen LogP contribution in [0, 0.1) is 6.92 Å². The van der Waals surface area contributed by atoms with E-state index in [2.05, 4.69) is 20.6 Å². The summed E-state index contributed by atoms with van der Waals surface area (Å²) in [7, 11) is 0. The van der Waals surface area contributed by atoms with Crippen molar-refractivity contribution in [2.75, 3.05) is 11.9 Å². The van der Waals surface area contributed by atoms with Gasteiger partial charge in [-0.1, -0.05) is 29.8 Å². The molecule has 4 rings (SSSR count). The van der Waals surface area contributed by atoms with E-state index in [0.29, 0.717) is 15.9 Å². The number of carbonyl (C=O) groups excluding carboxylic acids is 2. The van der Waals surface area contributed by atoms with Crippen molar-refractivity contribution in [2.45, 2.75) is 19.9 Å². The number of rotatable bonds is 7. The highest BCUT2D eigenvalue weighted by atomic mass is 32.1. The number of aromatic nitrogens is 3. The monoisotopic (exact) mass is 447 g/mol. The molecular formula is C23H21N5O3S. The minimum atomic E-state index is -0.354. The van der Waals surface area contributed by atoms with Gasteiger partial charge >= 0.3 is 0 Å². The molecule has 3 aromatic heterocycles. The first kappa shape index (κ1) is 21.4. The quantitative estimate of drug-likeness (QED) is 0.453. The van der Waals surface area contributed by atoms with Crippen LogP contribution in [0.25, 0.3) is 21.3 Å². The van der Waals surface area contributed by atoms with Crippen LogP contribution in [0.4, 0.5) is 5.69 Å². The Morgan fingerprint density at radius 2 is 1.94 bits per heavy atom. The van der Waals surface area contributed by atoms with Crippen LogP contribution < -0.4 is 16.2 Å². The molecule has 162 valence electrons. The molecule has 8 nitrogen and oxygen atoms in total. The molecule has 0 aliphatic carbocycles. The van der Waals surface area contributed by atoms with Gasteiger partial charge in [0, 0.05) is 30.1 Å². The molecule has 0 spiro atoms. The maximum absolute atomic E-state index is 13.1. The molecule has 0 unspecified atom stereocenters. The minimum Gasteiger partial charge on any atom is -0.347 e. The second-order valence-corrected chi connectivity index (χ2v) is 8.11. The number of nitrogens with one attached hydrogen (secondary N) is 2. The van der Waals surface area contributed by atoms with Gasteiger partial charge < -0.3 is 10.6 Å². The predicted octanol–water partition coefficient (Wildman–Crippen LogP) is 2.97. The Hall–Kier alpha value is -3.85. The van der Waals surface area contributed by atoms with Gasteiger partial charge in [0.1, 0.15) is 4.83 Å². The number of hydrogen-bond acceptors (Lipinski definition) is 6. The van der Waals surface area contributed by atoms with E-state index in [1.54, 1.807) is 18.3 Å². The molecule has 9 heteroatoms. The van der Waals surface area contributed by atoms with Gasteiger partial charge in [-0.2, -0.15) is 0 Å². The van der Waals surface area contributed by atoms with Gasteiger partial charge in [-0.25, -0.2) is 4.98 Å². The Labute approximate surface area is 188 Å². The standard InChI is InChI=1S/C23H21N5O3S/c1-15-4-6-16(7-5-15)18-13-32-22-21(18)23(31)28(14-26-22)10-8-19(29)25-12-20(30)27-17-3-2-9-24-11-17/h2-7,9,11,13-14H,8,10,12H2,1H3,(H,25,29)(H,27,30). The molecule has 0 saturated heterocycles. The number of pyridine rings is 1. The summed E-state index contributed by atoms with van der Waals surface area (Å²) in [5.41, 5.74) is 3.31. The van der Waals surface area contributed by atoms with Crippen molar-refractivity contribution in [1.29, 1.82) is 0 Å². The predicted molar refractivity (Wildman–Crippen MR) is 125 cm³/mol. The van der Waals surface area contributed by atoms with Crippen LogP contribution in [-0.2, 0) is 16.1 Å². The smallest absolute Gasteiger partial charge is 0.262 e. The van der Waals surface area contributed by atoms with Crippen LogP contribution in [0.3, 0.4) is 0 Å². The van der Waals surface area contributed by atoms with E-state index in [-0.39, 0.29) is 36.9 Å². The molecule has 32 heavy (non-hydrogen) atoms. The summed E-state index contributed by atoms with van der Waals surface area (Å²) in [6, 6.07) is 11.4. The molecule has 2 amide bonds. The van der Waals surface area contributed by atoms with E-state index < -0.39 is 0 Å². The number of benzene rings is 1. The lowest BCUT2D eigenvalue weighted by atomic mass is 10.1. The zero-order chi connectivity index (χ0) is 22.5. The molecule has 1 aromatic carbocycles. The first-order chi connectivity index (χ1) is 15.5.